The van der Waals surface area contributed by atoms with Gasteiger partial charge in [-0.2, -0.15) is 0 Å². The third-order valence-corrected chi connectivity index (χ3v) is 7.92. The molecule has 2 aromatic carbocycles. The number of alkyl halides is 1. The number of carbonyl (C=O) groups is 1. The molecule has 3 heterocycles. The number of aliphatic hydroxyl groups excluding tert-OH is 1. The van der Waals surface area contributed by atoms with Gasteiger partial charge in [-0.1, -0.05) is 47.7 Å². The topological polar surface area (TPSA) is 75.4 Å². The number of hydrogen-bond acceptors (Lipinski definition) is 5. The average molecular weight is 598 g/mol. The molecular formula is C28H22BrF2N3O3S. The first kappa shape index (κ1) is 26.2. The van der Waals surface area contributed by atoms with E-state index in [-0.39, 0.29) is 35.4 Å². The van der Waals surface area contributed by atoms with Gasteiger partial charge >= 0.3 is 0 Å². The van der Waals surface area contributed by atoms with Crippen molar-refractivity contribution in [2.24, 2.45) is 0 Å². The van der Waals surface area contributed by atoms with Crippen molar-refractivity contribution in [1.29, 1.82) is 0 Å². The van der Waals surface area contributed by atoms with Crippen LogP contribution >= 0.6 is 27.3 Å². The highest BCUT2D eigenvalue weighted by Crippen LogP contribution is 2.37. The molecule has 1 fully saturated rings. The van der Waals surface area contributed by atoms with Crippen molar-refractivity contribution in [3.63, 3.8) is 0 Å². The number of halogens is 3. The number of rotatable bonds is 4. The molecule has 1 aliphatic rings. The summed E-state index contributed by atoms with van der Waals surface area (Å²) < 4.78 is 29.3. The molecule has 0 spiro atoms. The van der Waals surface area contributed by atoms with Crippen LogP contribution in [0.3, 0.4) is 0 Å². The molecule has 0 aliphatic carbocycles. The fourth-order valence-electron chi connectivity index (χ4n) is 4.29. The van der Waals surface area contributed by atoms with E-state index in [1.54, 1.807) is 18.2 Å². The highest BCUT2D eigenvalue weighted by Gasteiger charge is 2.41. The molecule has 0 bridgehead atoms. The molecule has 194 valence electrons. The van der Waals surface area contributed by atoms with Gasteiger partial charge in [0.1, 0.15) is 29.0 Å². The van der Waals surface area contributed by atoms with Gasteiger partial charge in [0.05, 0.1) is 34.2 Å². The van der Waals surface area contributed by atoms with Crippen molar-refractivity contribution in [3.8, 4) is 23.0 Å². The van der Waals surface area contributed by atoms with Gasteiger partial charge < -0.3 is 10.0 Å². The first-order chi connectivity index (χ1) is 18.0. The minimum Gasteiger partial charge on any atom is -0.376 e. The predicted octanol–water partition coefficient (Wildman–Crippen LogP) is 4.99. The maximum absolute atomic E-state index is 14.0. The van der Waals surface area contributed by atoms with Crippen LogP contribution in [0.15, 0.2) is 58.1 Å². The van der Waals surface area contributed by atoms with Crippen molar-refractivity contribution in [3.05, 3.63) is 85.4 Å². The third-order valence-electron chi connectivity index (χ3n) is 6.30. The predicted molar refractivity (Wildman–Crippen MR) is 146 cm³/mol. The fraction of sp³-hybridized carbons (Fsp3) is 0.250. The number of aromatic nitrogens is 2. The molecule has 1 saturated heterocycles. The Morgan fingerprint density at radius 1 is 1.26 bits per heavy atom. The third kappa shape index (κ3) is 5.14. The molecular weight excluding hydrogens is 576 g/mol. The van der Waals surface area contributed by atoms with Crippen molar-refractivity contribution in [1.82, 2.24) is 14.5 Å². The van der Waals surface area contributed by atoms with E-state index in [0.717, 1.165) is 5.56 Å². The largest absolute Gasteiger partial charge is 0.376 e. The normalized spacial score (nSPS) is 15.1. The van der Waals surface area contributed by atoms with Crippen LogP contribution in [0.2, 0.25) is 0 Å². The van der Waals surface area contributed by atoms with Gasteiger partial charge in [-0.15, -0.1) is 11.3 Å². The monoisotopic (exact) mass is 597 g/mol. The van der Waals surface area contributed by atoms with E-state index in [1.165, 1.54) is 46.2 Å². The van der Waals surface area contributed by atoms with Crippen LogP contribution in [0.25, 0.3) is 21.3 Å². The Balaban J connectivity index is 1.59. The summed E-state index contributed by atoms with van der Waals surface area (Å²) >= 11 is 4.37. The van der Waals surface area contributed by atoms with Crippen LogP contribution in [0.5, 0.6) is 0 Å². The molecule has 1 unspecified atom stereocenters. The van der Waals surface area contributed by atoms with Gasteiger partial charge in [-0.05, 0) is 53.0 Å². The number of aryl methyl sites for hydroxylation is 1. The summed E-state index contributed by atoms with van der Waals surface area (Å²) in [6, 6.07) is 11.7. The lowest BCUT2D eigenvalue weighted by atomic mass is 9.99. The van der Waals surface area contributed by atoms with Crippen LogP contribution in [0.1, 0.15) is 29.0 Å². The van der Waals surface area contributed by atoms with Crippen molar-refractivity contribution in [2.45, 2.75) is 32.2 Å². The maximum atomic E-state index is 14.0. The molecule has 1 aliphatic heterocycles. The quantitative estimate of drug-likeness (QED) is 0.336. The zero-order valence-corrected chi connectivity index (χ0v) is 22.9. The molecule has 1 amide bonds. The van der Waals surface area contributed by atoms with E-state index in [1.807, 2.05) is 19.1 Å². The molecule has 1 N–H and O–H groups in total. The smallest absolute Gasteiger partial charge is 0.263 e. The summed E-state index contributed by atoms with van der Waals surface area (Å²) in [5.41, 5.74) is 0.758. The molecule has 10 heteroatoms. The average Bonchev–Trinajstić information content (AvgIpc) is 3.24. The second-order valence-electron chi connectivity index (χ2n) is 9.54. The summed E-state index contributed by atoms with van der Waals surface area (Å²) in [6.45, 7) is 3.04. The summed E-state index contributed by atoms with van der Waals surface area (Å²) in [7, 11) is 0. The van der Waals surface area contributed by atoms with Gasteiger partial charge in [0, 0.05) is 5.56 Å². The lowest BCUT2D eigenvalue weighted by Gasteiger charge is -2.42. The van der Waals surface area contributed by atoms with Gasteiger partial charge in [0.25, 0.3) is 5.56 Å². The van der Waals surface area contributed by atoms with Crippen molar-refractivity contribution < 1.29 is 18.7 Å². The van der Waals surface area contributed by atoms with E-state index < -0.39 is 23.1 Å². The number of amides is 1. The van der Waals surface area contributed by atoms with Crippen LogP contribution in [-0.4, -0.2) is 44.2 Å². The minimum absolute atomic E-state index is 0.0212. The molecule has 6 nitrogen and oxygen atoms in total. The maximum Gasteiger partial charge on any atom is 0.263 e. The van der Waals surface area contributed by atoms with Gasteiger partial charge in [-0.25, -0.2) is 13.8 Å². The van der Waals surface area contributed by atoms with E-state index in [9.17, 15) is 23.5 Å². The number of carbonyl (C=O) groups excluding carboxylic acids is 1. The van der Waals surface area contributed by atoms with E-state index in [2.05, 4.69) is 32.8 Å². The summed E-state index contributed by atoms with van der Waals surface area (Å²) in [5.74, 6) is 4.97. The first-order valence-electron chi connectivity index (χ1n) is 11.7. The zero-order chi connectivity index (χ0) is 27.2. The Morgan fingerprint density at radius 2 is 1.97 bits per heavy atom. The second-order valence-corrected chi connectivity index (χ2v) is 11.4. The summed E-state index contributed by atoms with van der Waals surface area (Å²) in [5, 5.41) is 10.9. The van der Waals surface area contributed by atoms with E-state index in [4.69, 9.17) is 0 Å². The minimum atomic E-state index is -1.42. The van der Waals surface area contributed by atoms with E-state index >= 15 is 0 Å². The van der Waals surface area contributed by atoms with Gasteiger partial charge in [0.15, 0.2) is 0 Å². The van der Waals surface area contributed by atoms with Gasteiger partial charge in [-0.3, -0.25) is 14.2 Å². The van der Waals surface area contributed by atoms with Gasteiger partial charge in [0.2, 0.25) is 5.91 Å². The Kier molecular flexibility index (Phi) is 6.94. The standard InChI is InChI=1S/C28H22BrF2N3O3S/c1-16-3-5-17(6-4-16)21(35)9-10-22-24(18-7-8-20(30)19(29)11-18)25-26(38-22)32-15-33(27(25)37)12-23(36)34-13-28(2,31)14-34/h3-8,11,15,21,35H,12-14H2,1-2H3. The number of nitrogens with zero attached hydrogens (tertiary/aromatic N) is 3. The molecule has 4 aromatic rings. The van der Waals surface area contributed by atoms with Crippen LogP contribution < -0.4 is 5.56 Å². The zero-order valence-electron chi connectivity index (χ0n) is 20.5. The highest BCUT2D eigenvalue weighted by molar-refractivity contribution is 9.10. The molecule has 2 aromatic heterocycles. The number of benzene rings is 2. The lowest BCUT2D eigenvalue weighted by molar-refractivity contribution is -0.144. The Morgan fingerprint density at radius 3 is 2.63 bits per heavy atom. The SMILES string of the molecule is Cc1ccc(C(O)C#Cc2sc3ncn(CC(=O)N4CC(C)(F)C4)c(=O)c3c2-c2ccc(F)c(Br)c2)cc1. The second kappa shape index (κ2) is 10.1. The van der Waals surface area contributed by atoms with Crippen molar-refractivity contribution in [2.75, 3.05) is 13.1 Å². The molecule has 5 rings (SSSR count). The summed E-state index contributed by atoms with van der Waals surface area (Å²) in [4.78, 5) is 32.8. The first-order valence-corrected chi connectivity index (χ1v) is 13.3. The van der Waals surface area contributed by atoms with Crippen LogP contribution in [0, 0.1) is 24.6 Å². The Hall–Kier alpha value is -3.39. The molecule has 1 atom stereocenters. The Bertz CT molecular complexity index is 1680. The summed E-state index contributed by atoms with van der Waals surface area (Å²) in [6.07, 6.45) is 0.226. The number of fused-ring (bicyclic) bond motifs is 1. The molecule has 0 saturated carbocycles. The number of likely N-dealkylation sites (tertiary alicyclic amines) is 1. The highest BCUT2D eigenvalue weighted by atomic mass is 79.9. The number of thiophene rings is 1. The number of hydrogen-bond donors (Lipinski definition) is 1. The molecule has 38 heavy (non-hydrogen) atoms. The Labute approximate surface area is 229 Å². The van der Waals surface area contributed by atoms with Crippen LogP contribution in [-0.2, 0) is 11.3 Å². The van der Waals surface area contributed by atoms with E-state index in [0.29, 0.717) is 26.4 Å². The van der Waals surface area contributed by atoms with Crippen molar-refractivity contribution >= 4 is 43.4 Å². The van der Waals surface area contributed by atoms with Crippen LogP contribution in [0.4, 0.5) is 8.78 Å². The fourth-order valence-corrected chi connectivity index (χ4v) is 5.69. The molecule has 0 radical (unpaired) electrons. The lowest BCUT2D eigenvalue weighted by Crippen LogP contribution is -2.60. The number of aliphatic hydroxyl groups is 1.